The van der Waals surface area contributed by atoms with E-state index >= 15 is 0 Å². The number of carbonyl (C=O) groups is 2. The lowest BCUT2D eigenvalue weighted by Gasteiger charge is -2.12. The highest BCUT2D eigenvalue weighted by atomic mass is 16.3. The van der Waals surface area contributed by atoms with Gasteiger partial charge in [0.2, 0.25) is 5.91 Å². The van der Waals surface area contributed by atoms with Crippen molar-refractivity contribution in [3.05, 3.63) is 42.3 Å². The minimum Gasteiger partial charge on any atom is -0.396 e. The summed E-state index contributed by atoms with van der Waals surface area (Å²) in [5.74, 6) is -1.06. The number of urea groups is 1. The fraction of sp³-hybridized carbons (Fsp3) is 0.182. The highest BCUT2D eigenvalue weighted by Crippen LogP contribution is 2.17. The summed E-state index contributed by atoms with van der Waals surface area (Å²) in [7, 11) is 0. The number of nitrogens with one attached hydrogen (secondary N) is 1. The second-order valence-electron chi connectivity index (χ2n) is 3.22. The van der Waals surface area contributed by atoms with Crippen LogP contribution >= 0.6 is 0 Å². The molecule has 3 amide bonds. The van der Waals surface area contributed by atoms with Crippen LogP contribution in [0.4, 0.5) is 4.79 Å². The lowest BCUT2D eigenvalue weighted by Crippen LogP contribution is -2.36. The minimum absolute atomic E-state index is 0.212. The van der Waals surface area contributed by atoms with E-state index in [1.807, 2.05) is 11.4 Å². The zero-order chi connectivity index (χ0) is 12.0. The molecule has 0 saturated carbocycles. The first-order valence-corrected chi connectivity index (χ1v) is 4.74. The molecule has 0 aliphatic heterocycles. The van der Waals surface area contributed by atoms with Gasteiger partial charge in [-0.2, -0.15) is 0 Å². The van der Waals surface area contributed by atoms with E-state index in [9.17, 15) is 9.59 Å². The van der Waals surface area contributed by atoms with E-state index in [4.69, 9.17) is 10.8 Å². The van der Waals surface area contributed by atoms with Crippen LogP contribution in [0.5, 0.6) is 0 Å². The Balaban J connectivity index is 2.63. The molecule has 0 heterocycles. The summed E-state index contributed by atoms with van der Waals surface area (Å²) >= 11 is 0. The van der Waals surface area contributed by atoms with Gasteiger partial charge in [0, 0.05) is 5.92 Å². The topological polar surface area (TPSA) is 92.4 Å². The standard InChI is InChI=1S/C11H13N2O3/c12-11(16)13-10(15)6-9(7-14)8-4-2-1-3-5-8/h1-6,9,14H,7H2,(H3,12,13,15,16). The van der Waals surface area contributed by atoms with Gasteiger partial charge in [-0.25, -0.2) is 4.79 Å². The molecule has 0 aliphatic rings. The maximum atomic E-state index is 11.2. The van der Waals surface area contributed by atoms with Crippen molar-refractivity contribution in [2.75, 3.05) is 6.61 Å². The number of hydrogen-bond donors (Lipinski definition) is 3. The van der Waals surface area contributed by atoms with Gasteiger partial charge in [-0.1, -0.05) is 30.3 Å². The highest BCUT2D eigenvalue weighted by Gasteiger charge is 2.16. The molecule has 0 fully saturated rings. The van der Waals surface area contributed by atoms with E-state index < -0.39 is 17.9 Å². The van der Waals surface area contributed by atoms with Gasteiger partial charge in [0.1, 0.15) is 0 Å². The Kier molecular flexibility index (Phi) is 4.47. The minimum atomic E-state index is -0.911. The number of rotatable bonds is 4. The van der Waals surface area contributed by atoms with Gasteiger partial charge in [0.05, 0.1) is 13.0 Å². The maximum Gasteiger partial charge on any atom is 0.318 e. The summed E-state index contributed by atoms with van der Waals surface area (Å²) in [4.78, 5) is 21.6. The van der Waals surface area contributed by atoms with Crippen LogP contribution in [0.25, 0.3) is 0 Å². The summed E-state index contributed by atoms with van der Waals surface area (Å²) in [5, 5.41) is 11.0. The Morgan fingerprint density at radius 1 is 1.38 bits per heavy atom. The summed E-state index contributed by atoms with van der Waals surface area (Å²) < 4.78 is 0. The Labute approximate surface area is 93.3 Å². The number of amides is 3. The average Bonchev–Trinajstić information content (AvgIpc) is 2.26. The molecule has 1 unspecified atom stereocenters. The number of carbonyl (C=O) groups excluding carboxylic acids is 2. The molecule has 85 valence electrons. The fourth-order valence-corrected chi connectivity index (χ4v) is 1.30. The first kappa shape index (κ1) is 12.2. The van der Waals surface area contributed by atoms with E-state index in [-0.39, 0.29) is 6.61 Å². The molecule has 0 aliphatic carbocycles. The Bertz CT molecular complexity index is 365. The van der Waals surface area contributed by atoms with Gasteiger partial charge in [-0.15, -0.1) is 0 Å². The zero-order valence-corrected chi connectivity index (χ0v) is 8.59. The van der Waals surface area contributed by atoms with Crippen LogP contribution in [-0.4, -0.2) is 23.7 Å². The van der Waals surface area contributed by atoms with Gasteiger partial charge in [-0.05, 0) is 5.56 Å². The highest BCUT2D eigenvalue weighted by molar-refractivity contribution is 5.98. The van der Waals surface area contributed by atoms with Crippen LogP contribution in [0.1, 0.15) is 11.5 Å². The molecule has 1 radical (unpaired) electrons. The average molecular weight is 221 g/mol. The van der Waals surface area contributed by atoms with Gasteiger partial charge in [0.15, 0.2) is 0 Å². The summed E-state index contributed by atoms with van der Waals surface area (Å²) in [6, 6.07) is 8.10. The molecule has 4 N–H and O–H groups in total. The van der Waals surface area contributed by atoms with Crippen LogP contribution in [0, 0.1) is 6.42 Å². The number of aliphatic hydroxyl groups is 1. The summed E-state index contributed by atoms with van der Waals surface area (Å²) in [5.41, 5.74) is 5.59. The molecule has 0 spiro atoms. The largest absolute Gasteiger partial charge is 0.396 e. The van der Waals surface area contributed by atoms with Crippen LogP contribution in [-0.2, 0) is 4.79 Å². The van der Waals surface area contributed by atoms with Crippen LogP contribution in [0.3, 0.4) is 0 Å². The smallest absolute Gasteiger partial charge is 0.318 e. The van der Waals surface area contributed by atoms with Crippen molar-refractivity contribution in [2.24, 2.45) is 5.73 Å². The third-order valence-corrected chi connectivity index (χ3v) is 2.02. The second-order valence-corrected chi connectivity index (χ2v) is 3.22. The number of nitrogens with two attached hydrogens (primary N) is 1. The first-order valence-electron chi connectivity index (χ1n) is 4.74. The van der Waals surface area contributed by atoms with Crippen LogP contribution < -0.4 is 11.1 Å². The quantitative estimate of drug-likeness (QED) is 0.676. The van der Waals surface area contributed by atoms with E-state index in [2.05, 4.69) is 0 Å². The van der Waals surface area contributed by atoms with E-state index in [0.29, 0.717) is 0 Å². The fourth-order valence-electron chi connectivity index (χ4n) is 1.30. The molecule has 1 aromatic rings. The van der Waals surface area contributed by atoms with Crippen molar-refractivity contribution in [1.29, 1.82) is 0 Å². The predicted octanol–water partition coefficient (Wildman–Crippen LogP) is 0.162. The van der Waals surface area contributed by atoms with Crippen LogP contribution in [0.2, 0.25) is 0 Å². The molecule has 1 aromatic carbocycles. The van der Waals surface area contributed by atoms with Gasteiger partial charge in [0.25, 0.3) is 0 Å². The number of primary amides is 1. The van der Waals surface area contributed by atoms with Crippen molar-refractivity contribution in [3.63, 3.8) is 0 Å². The van der Waals surface area contributed by atoms with Crippen molar-refractivity contribution in [2.45, 2.75) is 5.92 Å². The monoisotopic (exact) mass is 221 g/mol. The second kappa shape index (κ2) is 5.87. The van der Waals surface area contributed by atoms with Crippen molar-refractivity contribution < 1.29 is 14.7 Å². The third kappa shape index (κ3) is 3.70. The normalized spacial score (nSPS) is 11.8. The molecule has 1 rings (SSSR count). The number of imide groups is 1. The summed E-state index contributed by atoms with van der Waals surface area (Å²) in [6.45, 7) is -0.212. The molecule has 0 bridgehead atoms. The molecule has 16 heavy (non-hydrogen) atoms. The SMILES string of the molecule is NC(=O)NC(=O)[CH]C(CO)c1ccccc1. The lowest BCUT2D eigenvalue weighted by atomic mass is 9.96. The molecule has 0 saturated heterocycles. The Morgan fingerprint density at radius 3 is 2.50 bits per heavy atom. The van der Waals surface area contributed by atoms with Crippen molar-refractivity contribution >= 4 is 11.9 Å². The molecular weight excluding hydrogens is 208 g/mol. The number of benzene rings is 1. The third-order valence-electron chi connectivity index (χ3n) is 2.02. The predicted molar refractivity (Wildman–Crippen MR) is 58.3 cm³/mol. The van der Waals surface area contributed by atoms with Crippen molar-refractivity contribution in [3.8, 4) is 0 Å². The van der Waals surface area contributed by atoms with E-state index in [1.165, 1.54) is 6.42 Å². The Morgan fingerprint density at radius 2 is 2.00 bits per heavy atom. The van der Waals surface area contributed by atoms with Crippen molar-refractivity contribution in [1.82, 2.24) is 5.32 Å². The number of aliphatic hydroxyl groups excluding tert-OH is 1. The molecule has 5 nitrogen and oxygen atoms in total. The van der Waals surface area contributed by atoms with Gasteiger partial charge >= 0.3 is 6.03 Å². The van der Waals surface area contributed by atoms with Gasteiger partial charge < -0.3 is 10.8 Å². The maximum absolute atomic E-state index is 11.2. The molecule has 1 atom stereocenters. The molecule has 5 heteroatoms. The van der Waals surface area contributed by atoms with E-state index in [1.54, 1.807) is 24.3 Å². The molecular formula is C11H13N2O3. The molecule has 0 aromatic heterocycles. The van der Waals surface area contributed by atoms with Crippen LogP contribution in [0.15, 0.2) is 30.3 Å². The van der Waals surface area contributed by atoms with E-state index in [0.717, 1.165) is 5.56 Å². The zero-order valence-electron chi connectivity index (χ0n) is 8.59. The van der Waals surface area contributed by atoms with Gasteiger partial charge in [-0.3, -0.25) is 10.1 Å². The first-order chi connectivity index (χ1) is 7.63. The lowest BCUT2D eigenvalue weighted by molar-refractivity contribution is -0.117. The number of hydrogen-bond acceptors (Lipinski definition) is 3. The summed E-state index contributed by atoms with van der Waals surface area (Å²) in [6.07, 6.45) is 1.22. The Hall–Kier alpha value is -1.88.